The lowest BCUT2D eigenvalue weighted by atomic mass is 9.57. The first kappa shape index (κ1) is 29.1. The highest BCUT2D eigenvalue weighted by Crippen LogP contribution is 2.56. The second-order valence-corrected chi connectivity index (χ2v) is 16.0. The number of likely N-dealkylation sites (tertiary alicyclic amines) is 2. The quantitative estimate of drug-likeness (QED) is 0.389. The van der Waals surface area contributed by atoms with Crippen LogP contribution < -0.4 is 0 Å². The zero-order valence-corrected chi connectivity index (χ0v) is 26.4. The van der Waals surface area contributed by atoms with Gasteiger partial charge in [0, 0.05) is 72.6 Å². The number of nitrogens with one attached hydrogen (secondary N) is 1. The van der Waals surface area contributed by atoms with Gasteiger partial charge in [0.15, 0.2) is 5.82 Å². The number of hydrogen-bond acceptors (Lipinski definition) is 7. The summed E-state index contributed by atoms with van der Waals surface area (Å²) in [5.41, 5.74) is 4.25. The van der Waals surface area contributed by atoms with Gasteiger partial charge in [0.2, 0.25) is 0 Å². The van der Waals surface area contributed by atoms with E-state index in [-0.39, 0.29) is 10.9 Å². The van der Waals surface area contributed by atoms with E-state index >= 15 is 0 Å². The van der Waals surface area contributed by atoms with Crippen molar-refractivity contribution in [3.63, 3.8) is 0 Å². The molecule has 45 heavy (non-hydrogen) atoms. The molecular weight excluding hydrogens is 592 g/mol. The number of carbonyl (C=O) groups excluding carboxylic acids is 1. The Morgan fingerprint density at radius 1 is 0.911 bits per heavy atom. The molecular formula is C33H40N6O5S. The summed E-state index contributed by atoms with van der Waals surface area (Å²) in [7, 11) is -4.02. The van der Waals surface area contributed by atoms with E-state index in [1.165, 1.54) is 49.1 Å². The number of nitrogens with zero attached hydrogens (tertiary/aromatic N) is 5. The van der Waals surface area contributed by atoms with Gasteiger partial charge in [0.05, 0.1) is 18.1 Å². The Labute approximate surface area is 263 Å². The molecule has 2 N–H and O–H groups in total. The minimum atomic E-state index is -4.02. The van der Waals surface area contributed by atoms with Crippen molar-refractivity contribution >= 4 is 16.1 Å². The smallest absolute Gasteiger partial charge is 0.320 e. The van der Waals surface area contributed by atoms with Crippen molar-refractivity contribution in [2.24, 2.45) is 10.8 Å². The number of hydrogen-bond donors (Lipinski definition) is 2. The molecule has 2 amide bonds. The van der Waals surface area contributed by atoms with Crippen LogP contribution in [0.4, 0.5) is 4.79 Å². The van der Waals surface area contributed by atoms with Gasteiger partial charge in [-0.1, -0.05) is 23.8 Å². The Hall–Kier alpha value is -3.35. The highest BCUT2D eigenvalue weighted by molar-refractivity contribution is 7.85. The number of H-pyrrole nitrogens is 1. The fourth-order valence-corrected chi connectivity index (χ4v) is 8.29. The van der Waals surface area contributed by atoms with Crippen molar-refractivity contribution in [1.29, 1.82) is 0 Å². The van der Waals surface area contributed by atoms with Gasteiger partial charge in [-0.25, -0.2) is 9.78 Å². The van der Waals surface area contributed by atoms with Gasteiger partial charge in [0.25, 0.3) is 10.1 Å². The summed E-state index contributed by atoms with van der Waals surface area (Å²) >= 11 is 0. The number of urea groups is 1. The molecule has 11 nitrogen and oxygen atoms in total. The second kappa shape index (κ2) is 10.6. The van der Waals surface area contributed by atoms with Gasteiger partial charge < -0.3 is 14.5 Å². The van der Waals surface area contributed by atoms with Crippen LogP contribution in [0.2, 0.25) is 0 Å². The highest BCUT2D eigenvalue weighted by atomic mass is 32.2. The van der Waals surface area contributed by atoms with E-state index in [9.17, 15) is 13.2 Å². The third kappa shape index (κ3) is 5.54. The number of aryl methyl sites for hydroxylation is 1. The summed E-state index contributed by atoms with van der Waals surface area (Å²) in [6.45, 7) is 7.15. The normalized spacial score (nSPS) is 23.7. The Balaban J connectivity index is 0.000000234. The summed E-state index contributed by atoms with van der Waals surface area (Å²) in [6.07, 6.45) is 9.23. The average molecular weight is 633 g/mol. The topological polar surface area (TPSA) is 142 Å². The predicted octanol–water partition coefficient (Wildman–Crippen LogP) is 4.61. The van der Waals surface area contributed by atoms with Crippen LogP contribution in [-0.2, 0) is 14.9 Å². The number of rotatable bonds is 5. The number of aromatic amines is 1. The van der Waals surface area contributed by atoms with Crippen molar-refractivity contribution in [3.05, 3.63) is 71.1 Å². The Morgan fingerprint density at radius 3 is 2.18 bits per heavy atom. The molecule has 2 spiro atoms. The standard InChI is InChI=1S/C26H32N6O2.C7H8O3S/c33-24(32-12-25(13-32)7-19(8-25)23-28-22(29-30-23)16-1-2-16)31-10-20(11-31)17-3-4-21(27-9-17)18-5-26(6-18)14-34-15-26;1-6-2-4-7(5-3-6)11(8,9)10/h3-4,9,16,18-20H,1-2,5-8,10-15H2,(H,28,29,30);2-5H,1H3,(H,8,9,10). The second-order valence-electron chi connectivity index (χ2n) is 14.6. The molecule has 5 heterocycles. The first-order chi connectivity index (χ1) is 21.6. The van der Waals surface area contributed by atoms with Crippen LogP contribution in [0.5, 0.6) is 0 Å². The van der Waals surface area contributed by atoms with E-state index in [0.717, 1.165) is 69.4 Å². The van der Waals surface area contributed by atoms with Crippen LogP contribution in [-0.4, -0.2) is 88.4 Å². The van der Waals surface area contributed by atoms with E-state index in [2.05, 4.69) is 28.5 Å². The molecule has 0 bridgehead atoms. The molecule has 3 aliphatic heterocycles. The van der Waals surface area contributed by atoms with Crippen LogP contribution in [0.15, 0.2) is 47.5 Å². The van der Waals surface area contributed by atoms with Gasteiger partial charge in [-0.15, -0.1) is 0 Å². The van der Waals surface area contributed by atoms with E-state index < -0.39 is 10.1 Å². The summed E-state index contributed by atoms with van der Waals surface area (Å²) < 4.78 is 34.9. The molecule has 12 heteroatoms. The maximum Gasteiger partial charge on any atom is 0.320 e. The molecule has 3 saturated carbocycles. The number of pyridine rings is 1. The number of benzene rings is 1. The number of amides is 2. The molecule has 2 aromatic heterocycles. The van der Waals surface area contributed by atoms with E-state index in [1.54, 1.807) is 12.1 Å². The molecule has 3 saturated heterocycles. The molecule has 1 aromatic carbocycles. The molecule has 3 aromatic rings. The number of aromatic nitrogens is 4. The van der Waals surface area contributed by atoms with E-state index in [1.807, 2.05) is 16.7 Å². The van der Waals surface area contributed by atoms with Crippen LogP contribution in [0.3, 0.4) is 0 Å². The number of ether oxygens (including phenoxy) is 1. The van der Waals surface area contributed by atoms with E-state index in [4.69, 9.17) is 19.3 Å². The summed E-state index contributed by atoms with van der Waals surface area (Å²) in [6, 6.07) is 10.7. The fourth-order valence-electron chi connectivity index (χ4n) is 7.81. The van der Waals surface area contributed by atoms with Gasteiger partial charge in [0.1, 0.15) is 5.82 Å². The third-order valence-electron chi connectivity index (χ3n) is 10.9. The zero-order chi connectivity index (χ0) is 31.0. The van der Waals surface area contributed by atoms with Crippen molar-refractivity contribution in [2.45, 2.75) is 74.0 Å². The highest BCUT2D eigenvalue weighted by Gasteiger charge is 2.56. The number of carbonyl (C=O) groups is 1. The summed E-state index contributed by atoms with van der Waals surface area (Å²) in [4.78, 5) is 26.4. The van der Waals surface area contributed by atoms with Crippen LogP contribution in [0.1, 0.15) is 90.7 Å². The Kier molecular flexibility index (Phi) is 6.85. The molecule has 9 rings (SSSR count). The lowest BCUT2D eigenvalue weighted by Crippen LogP contribution is -2.67. The minimum absolute atomic E-state index is 0.0666. The van der Waals surface area contributed by atoms with Gasteiger partial charge in [-0.2, -0.15) is 13.5 Å². The largest absolute Gasteiger partial charge is 0.380 e. The van der Waals surface area contributed by atoms with Crippen molar-refractivity contribution in [2.75, 3.05) is 39.4 Å². The molecule has 6 fully saturated rings. The third-order valence-corrected chi connectivity index (χ3v) is 11.7. The predicted molar refractivity (Wildman–Crippen MR) is 165 cm³/mol. The van der Waals surface area contributed by atoms with Crippen molar-refractivity contribution in [1.82, 2.24) is 30.0 Å². The SMILES string of the molecule is Cc1ccc(S(=O)(=O)O)cc1.O=C(N1CC(c2ccc(C3CC4(COC4)C3)nc2)C1)N1CC2(CC(c3n[nH]c(C4CC4)n3)C2)C1. The maximum atomic E-state index is 12.9. The summed E-state index contributed by atoms with van der Waals surface area (Å²) in [5.74, 6) is 4.20. The van der Waals surface area contributed by atoms with Gasteiger partial charge >= 0.3 is 6.03 Å². The first-order valence-corrected chi connectivity index (χ1v) is 17.5. The van der Waals surface area contributed by atoms with Crippen molar-refractivity contribution in [3.8, 4) is 0 Å². The molecule has 6 aliphatic rings. The molecule has 0 atom stereocenters. The van der Waals surface area contributed by atoms with Crippen LogP contribution in [0, 0.1) is 17.8 Å². The first-order valence-electron chi connectivity index (χ1n) is 16.1. The minimum Gasteiger partial charge on any atom is -0.380 e. The molecule has 238 valence electrons. The van der Waals surface area contributed by atoms with Gasteiger partial charge in [-0.3, -0.25) is 14.6 Å². The van der Waals surface area contributed by atoms with E-state index in [0.29, 0.717) is 34.5 Å². The molecule has 0 unspecified atom stereocenters. The summed E-state index contributed by atoms with van der Waals surface area (Å²) in [5, 5.41) is 7.60. The monoisotopic (exact) mass is 632 g/mol. The zero-order valence-electron chi connectivity index (χ0n) is 25.6. The van der Waals surface area contributed by atoms with Crippen molar-refractivity contribution < 1.29 is 22.5 Å². The molecule has 3 aliphatic carbocycles. The Morgan fingerprint density at radius 2 is 1.60 bits per heavy atom. The maximum absolute atomic E-state index is 12.9. The lowest BCUT2D eigenvalue weighted by Gasteiger charge is -2.59. The van der Waals surface area contributed by atoms with Crippen LogP contribution >= 0.6 is 0 Å². The average Bonchev–Trinajstić information content (AvgIpc) is 3.63. The van der Waals surface area contributed by atoms with Crippen LogP contribution in [0.25, 0.3) is 0 Å². The Bertz CT molecular complexity index is 1670. The molecule has 0 radical (unpaired) electrons. The lowest BCUT2D eigenvalue weighted by molar-refractivity contribution is -0.164. The fraction of sp³-hybridized carbons (Fsp3) is 0.576. The van der Waals surface area contributed by atoms with Gasteiger partial charge in [-0.05, 0) is 69.2 Å².